The molecule has 4 heteroatoms. The molecule has 1 aliphatic heterocycles. The summed E-state index contributed by atoms with van der Waals surface area (Å²) in [6.45, 7) is 2.49. The minimum atomic E-state index is -0.847. The molecule has 1 N–H and O–H groups in total. The fourth-order valence-corrected chi connectivity index (χ4v) is 1.37. The third-order valence-corrected chi connectivity index (χ3v) is 2.08. The van der Waals surface area contributed by atoms with E-state index in [4.69, 9.17) is 16.3 Å². The van der Waals surface area contributed by atoms with E-state index in [1.165, 1.54) is 0 Å². The summed E-state index contributed by atoms with van der Waals surface area (Å²) in [5.74, 6) is 1.54. The zero-order chi connectivity index (χ0) is 9.68. The van der Waals surface area contributed by atoms with E-state index in [0.717, 1.165) is 0 Å². The Labute approximate surface area is 77.5 Å². The zero-order valence-electron chi connectivity index (χ0n) is 7.40. The van der Waals surface area contributed by atoms with Gasteiger partial charge in [-0.15, -0.1) is 12.3 Å². The van der Waals surface area contributed by atoms with Gasteiger partial charge in [0.2, 0.25) is 0 Å². The lowest BCUT2D eigenvalue weighted by molar-refractivity contribution is -0.144. The second-order valence-corrected chi connectivity index (χ2v) is 2.91. The number of ether oxygens (including phenoxy) is 1. The first-order valence-electron chi connectivity index (χ1n) is 4.23. The van der Waals surface area contributed by atoms with Crippen LogP contribution in [0.15, 0.2) is 0 Å². The van der Waals surface area contributed by atoms with E-state index in [2.05, 4.69) is 5.92 Å². The standard InChI is InChI=1S/C9H13NO3/c1-2-3-8(9(11)12)10-4-6-13-7-5-10/h1,8H,3-7H2,(H,11,12). The van der Waals surface area contributed by atoms with E-state index in [0.29, 0.717) is 26.3 Å². The fourth-order valence-electron chi connectivity index (χ4n) is 1.37. The molecule has 0 radical (unpaired) electrons. The Morgan fingerprint density at radius 2 is 2.23 bits per heavy atom. The highest BCUT2D eigenvalue weighted by Crippen LogP contribution is 2.07. The topological polar surface area (TPSA) is 49.8 Å². The SMILES string of the molecule is C#CCC(C(=O)O)N1CCOCC1. The first-order chi connectivity index (χ1) is 6.25. The highest BCUT2D eigenvalue weighted by atomic mass is 16.5. The van der Waals surface area contributed by atoms with Gasteiger partial charge in [-0.1, -0.05) is 0 Å². The minimum Gasteiger partial charge on any atom is -0.480 e. The van der Waals surface area contributed by atoms with Gasteiger partial charge in [-0.2, -0.15) is 0 Å². The zero-order valence-corrected chi connectivity index (χ0v) is 7.40. The summed E-state index contributed by atoms with van der Waals surface area (Å²) in [6, 6.07) is -0.547. The molecule has 0 aromatic rings. The van der Waals surface area contributed by atoms with Crippen LogP contribution in [0.1, 0.15) is 6.42 Å². The van der Waals surface area contributed by atoms with Crippen LogP contribution in [0.5, 0.6) is 0 Å². The number of rotatable bonds is 3. The van der Waals surface area contributed by atoms with Crippen molar-refractivity contribution in [2.45, 2.75) is 12.5 Å². The van der Waals surface area contributed by atoms with Gasteiger partial charge < -0.3 is 9.84 Å². The number of hydrogen-bond acceptors (Lipinski definition) is 3. The smallest absolute Gasteiger partial charge is 0.321 e. The molecule has 1 unspecified atom stereocenters. The highest BCUT2D eigenvalue weighted by Gasteiger charge is 2.25. The fraction of sp³-hybridized carbons (Fsp3) is 0.667. The number of hydrogen-bond donors (Lipinski definition) is 1. The Bertz CT molecular complexity index is 215. The molecule has 4 nitrogen and oxygen atoms in total. The lowest BCUT2D eigenvalue weighted by Crippen LogP contribution is -2.47. The number of carboxylic acid groups (broad SMARTS) is 1. The van der Waals surface area contributed by atoms with Gasteiger partial charge in [0, 0.05) is 19.5 Å². The van der Waals surface area contributed by atoms with Gasteiger partial charge in [-0.25, -0.2) is 0 Å². The maximum atomic E-state index is 10.8. The second-order valence-electron chi connectivity index (χ2n) is 2.91. The summed E-state index contributed by atoms with van der Waals surface area (Å²) in [5.41, 5.74) is 0. The molecule has 0 spiro atoms. The number of carboxylic acids is 1. The van der Waals surface area contributed by atoms with Crippen LogP contribution in [-0.2, 0) is 9.53 Å². The molecule has 1 heterocycles. The van der Waals surface area contributed by atoms with Crippen molar-refractivity contribution in [2.24, 2.45) is 0 Å². The highest BCUT2D eigenvalue weighted by molar-refractivity contribution is 5.73. The molecule has 1 saturated heterocycles. The summed E-state index contributed by atoms with van der Waals surface area (Å²) in [6.07, 6.45) is 5.36. The first-order valence-corrected chi connectivity index (χ1v) is 4.23. The van der Waals surface area contributed by atoms with Crippen molar-refractivity contribution < 1.29 is 14.6 Å². The molecule has 0 saturated carbocycles. The van der Waals surface area contributed by atoms with Gasteiger partial charge in [0.05, 0.1) is 13.2 Å². The second kappa shape index (κ2) is 4.85. The summed E-state index contributed by atoms with van der Waals surface area (Å²) in [4.78, 5) is 12.7. The van der Waals surface area contributed by atoms with Crippen molar-refractivity contribution in [3.05, 3.63) is 0 Å². The van der Waals surface area contributed by atoms with E-state index < -0.39 is 12.0 Å². The van der Waals surface area contributed by atoms with Crippen LogP contribution in [0, 0.1) is 12.3 Å². The monoisotopic (exact) mass is 183 g/mol. The van der Waals surface area contributed by atoms with E-state index in [9.17, 15) is 4.79 Å². The number of nitrogens with zero attached hydrogens (tertiary/aromatic N) is 1. The molecule has 0 amide bonds. The molecule has 1 aliphatic rings. The molecular weight excluding hydrogens is 170 g/mol. The summed E-state index contributed by atoms with van der Waals surface area (Å²) in [7, 11) is 0. The van der Waals surface area contributed by atoms with Gasteiger partial charge in [0.1, 0.15) is 6.04 Å². The predicted molar refractivity (Wildman–Crippen MR) is 47.3 cm³/mol. The Hall–Kier alpha value is -1.05. The number of aliphatic carboxylic acids is 1. The third-order valence-electron chi connectivity index (χ3n) is 2.08. The summed E-state index contributed by atoms with van der Waals surface area (Å²) < 4.78 is 5.12. The average Bonchev–Trinajstić information content (AvgIpc) is 2.15. The van der Waals surface area contributed by atoms with E-state index >= 15 is 0 Å². The van der Waals surface area contributed by atoms with Crippen molar-refractivity contribution in [1.29, 1.82) is 0 Å². The van der Waals surface area contributed by atoms with E-state index in [1.807, 2.05) is 4.90 Å². The number of carbonyl (C=O) groups is 1. The summed E-state index contributed by atoms with van der Waals surface area (Å²) in [5, 5.41) is 8.88. The Balaban J connectivity index is 2.52. The minimum absolute atomic E-state index is 0.259. The van der Waals surface area contributed by atoms with Gasteiger partial charge in [0.15, 0.2) is 0 Å². The van der Waals surface area contributed by atoms with Crippen LogP contribution >= 0.6 is 0 Å². The van der Waals surface area contributed by atoms with Crippen LogP contribution in [-0.4, -0.2) is 48.3 Å². The molecule has 1 atom stereocenters. The van der Waals surface area contributed by atoms with Crippen LogP contribution < -0.4 is 0 Å². The summed E-state index contributed by atoms with van der Waals surface area (Å²) >= 11 is 0. The van der Waals surface area contributed by atoms with Crippen LogP contribution in [0.3, 0.4) is 0 Å². The molecule has 0 aromatic heterocycles. The van der Waals surface area contributed by atoms with Crippen molar-refractivity contribution in [2.75, 3.05) is 26.3 Å². The Morgan fingerprint density at radius 1 is 1.62 bits per heavy atom. The Morgan fingerprint density at radius 3 is 2.69 bits per heavy atom. The van der Waals surface area contributed by atoms with Crippen molar-refractivity contribution in [3.8, 4) is 12.3 Å². The number of morpholine rings is 1. The normalized spacial score (nSPS) is 20.5. The molecule has 13 heavy (non-hydrogen) atoms. The quantitative estimate of drug-likeness (QED) is 0.615. The molecule has 0 aromatic carbocycles. The van der Waals surface area contributed by atoms with Crippen molar-refractivity contribution in [1.82, 2.24) is 4.90 Å². The van der Waals surface area contributed by atoms with Gasteiger partial charge in [-0.3, -0.25) is 9.69 Å². The molecule has 72 valence electrons. The molecule has 1 rings (SSSR count). The molecule has 0 aliphatic carbocycles. The predicted octanol–water partition coefficient (Wildman–Crippen LogP) is -0.205. The largest absolute Gasteiger partial charge is 0.480 e. The number of terminal acetylenes is 1. The van der Waals surface area contributed by atoms with Crippen molar-refractivity contribution >= 4 is 5.97 Å². The molecule has 0 bridgehead atoms. The van der Waals surface area contributed by atoms with Crippen LogP contribution in [0.4, 0.5) is 0 Å². The van der Waals surface area contributed by atoms with Gasteiger partial charge in [-0.05, 0) is 0 Å². The molecular formula is C9H13NO3. The maximum absolute atomic E-state index is 10.8. The van der Waals surface area contributed by atoms with E-state index in [1.54, 1.807) is 0 Å². The Kier molecular flexibility index (Phi) is 3.74. The first kappa shape index (κ1) is 10.0. The average molecular weight is 183 g/mol. The lowest BCUT2D eigenvalue weighted by Gasteiger charge is -2.30. The van der Waals surface area contributed by atoms with E-state index in [-0.39, 0.29) is 6.42 Å². The van der Waals surface area contributed by atoms with Crippen molar-refractivity contribution in [3.63, 3.8) is 0 Å². The van der Waals surface area contributed by atoms with Crippen LogP contribution in [0.2, 0.25) is 0 Å². The third kappa shape index (κ3) is 2.72. The van der Waals surface area contributed by atoms with Crippen LogP contribution in [0.25, 0.3) is 0 Å². The van der Waals surface area contributed by atoms with Gasteiger partial charge in [0.25, 0.3) is 0 Å². The molecule has 1 fully saturated rings. The van der Waals surface area contributed by atoms with Gasteiger partial charge >= 0.3 is 5.97 Å². The maximum Gasteiger partial charge on any atom is 0.321 e. The lowest BCUT2D eigenvalue weighted by atomic mass is 10.1.